The number of nitrogens with one attached hydrogen (secondary N) is 2. The molecule has 0 aliphatic rings. The van der Waals surface area contributed by atoms with Crippen LogP contribution in [-0.4, -0.2) is 13.0 Å². The lowest BCUT2D eigenvalue weighted by Gasteiger charge is -2.02. The van der Waals surface area contributed by atoms with Crippen LogP contribution in [-0.2, 0) is 11.2 Å². The second-order valence-corrected chi connectivity index (χ2v) is 2.69. The molecule has 78 valence electrons. The molecule has 14 heavy (non-hydrogen) atoms. The van der Waals surface area contributed by atoms with Crippen LogP contribution in [0.4, 0.5) is 5.69 Å². The average molecular weight is 216 g/mol. The van der Waals surface area contributed by atoms with Gasteiger partial charge < -0.3 is 10.7 Å². The standard InChI is InChI=1S/C9H13N3O.ClH/c1-11-9(13)6-7-2-4-8(12-10)5-3-7;/h2-5,12H,6,10H2,1H3,(H,11,13);1H. The monoisotopic (exact) mass is 215 g/mol. The summed E-state index contributed by atoms with van der Waals surface area (Å²) >= 11 is 0. The van der Waals surface area contributed by atoms with Gasteiger partial charge in [-0.05, 0) is 17.7 Å². The summed E-state index contributed by atoms with van der Waals surface area (Å²) in [7, 11) is 1.62. The number of carbonyl (C=O) groups excluding carboxylic acids is 1. The number of nitrogen functional groups attached to an aromatic ring is 1. The van der Waals surface area contributed by atoms with Gasteiger partial charge in [0.2, 0.25) is 5.91 Å². The molecule has 1 amide bonds. The van der Waals surface area contributed by atoms with Crippen LogP contribution in [0, 0.1) is 0 Å². The molecular formula is C9H14ClN3O. The van der Waals surface area contributed by atoms with Crippen molar-refractivity contribution in [3.63, 3.8) is 0 Å². The van der Waals surface area contributed by atoms with Crippen LogP contribution in [0.3, 0.4) is 0 Å². The maximum absolute atomic E-state index is 11.0. The number of likely N-dealkylation sites (N-methyl/N-ethyl adjacent to an activating group) is 1. The number of benzene rings is 1. The quantitative estimate of drug-likeness (QED) is 0.513. The number of halogens is 1. The van der Waals surface area contributed by atoms with E-state index in [1.54, 1.807) is 7.05 Å². The van der Waals surface area contributed by atoms with Gasteiger partial charge in [-0.2, -0.15) is 0 Å². The Bertz CT molecular complexity index is 287. The first-order valence-corrected chi connectivity index (χ1v) is 4.02. The van der Waals surface area contributed by atoms with E-state index in [0.29, 0.717) is 6.42 Å². The van der Waals surface area contributed by atoms with Gasteiger partial charge in [0.1, 0.15) is 0 Å². The number of anilines is 1. The minimum absolute atomic E-state index is 0. The molecule has 0 aromatic heterocycles. The summed E-state index contributed by atoms with van der Waals surface area (Å²) in [6.45, 7) is 0. The lowest BCUT2D eigenvalue weighted by molar-refractivity contribution is -0.119. The van der Waals surface area contributed by atoms with Crippen LogP contribution in [0.15, 0.2) is 24.3 Å². The zero-order valence-corrected chi connectivity index (χ0v) is 8.73. The maximum Gasteiger partial charge on any atom is 0.224 e. The molecule has 0 bridgehead atoms. The molecule has 0 aliphatic carbocycles. The zero-order valence-electron chi connectivity index (χ0n) is 7.91. The average Bonchev–Trinajstić information content (AvgIpc) is 2.19. The molecule has 1 aromatic carbocycles. The highest BCUT2D eigenvalue weighted by Crippen LogP contribution is 2.08. The fraction of sp³-hybridized carbons (Fsp3) is 0.222. The molecule has 0 saturated carbocycles. The molecule has 1 rings (SSSR count). The van der Waals surface area contributed by atoms with Gasteiger partial charge in [-0.25, -0.2) is 0 Å². The first kappa shape index (κ1) is 12.7. The first-order chi connectivity index (χ1) is 6.26. The second kappa shape index (κ2) is 6.23. The van der Waals surface area contributed by atoms with E-state index in [-0.39, 0.29) is 18.3 Å². The van der Waals surface area contributed by atoms with E-state index in [9.17, 15) is 4.79 Å². The van der Waals surface area contributed by atoms with Crippen LogP contribution in [0.2, 0.25) is 0 Å². The summed E-state index contributed by atoms with van der Waals surface area (Å²) in [5.74, 6) is 5.21. The minimum atomic E-state index is 0. The van der Waals surface area contributed by atoms with Gasteiger partial charge in [0.05, 0.1) is 6.42 Å². The van der Waals surface area contributed by atoms with Gasteiger partial charge in [0.15, 0.2) is 0 Å². The highest BCUT2D eigenvalue weighted by molar-refractivity contribution is 5.85. The Labute approximate surface area is 89.3 Å². The van der Waals surface area contributed by atoms with E-state index in [1.165, 1.54) is 0 Å². The fourth-order valence-electron chi connectivity index (χ4n) is 0.993. The largest absolute Gasteiger partial charge is 0.359 e. The van der Waals surface area contributed by atoms with Gasteiger partial charge in [0.25, 0.3) is 0 Å². The van der Waals surface area contributed by atoms with Gasteiger partial charge in [-0.15, -0.1) is 12.4 Å². The molecule has 1 aromatic rings. The minimum Gasteiger partial charge on any atom is -0.359 e. The van der Waals surface area contributed by atoms with Crippen molar-refractivity contribution >= 4 is 24.0 Å². The van der Waals surface area contributed by atoms with Crippen molar-refractivity contribution in [3.05, 3.63) is 29.8 Å². The lowest BCUT2D eigenvalue weighted by Crippen LogP contribution is -2.19. The molecule has 4 N–H and O–H groups in total. The SMILES string of the molecule is CNC(=O)Cc1ccc(NN)cc1.Cl. The summed E-state index contributed by atoms with van der Waals surface area (Å²) in [6, 6.07) is 7.39. The van der Waals surface area contributed by atoms with Crippen LogP contribution < -0.4 is 16.6 Å². The molecule has 0 unspecified atom stereocenters. The molecule has 0 aliphatic heterocycles. The maximum atomic E-state index is 11.0. The van der Waals surface area contributed by atoms with E-state index >= 15 is 0 Å². The summed E-state index contributed by atoms with van der Waals surface area (Å²) < 4.78 is 0. The Morgan fingerprint density at radius 2 is 1.93 bits per heavy atom. The molecule has 0 heterocycles. The third kappa shape index (κ3) is 3.64. The van der Waals surface area contributed by atoms with Crippen LogP contribution in [0.25, 0.3) is 0 Å². The second-order valence-electron chi connectivity index (χ2n) is 2.69. The van der Waals surface area contributed by atoms with E-state index in [4.69, 9.17) is 5.84 Å². The number of carbonyl (C=O) groups is 1. The van der Waals surface area contributed by atoms with E-state index in [0.717, 1.165) is 11.3 Å². The topological polar surface area (TPSA) is 67.2 Å². The third-order valence-corrected chi connectivity index (χ3v) is 1.76. The fourth-order valence-corrected chi connectivity index (χ4v) is 0.993. The summed E-state index contributed by atoms with van der Waals surface area (Å²) in [6.07, 6.45) is 0.404. The van der Waals surface area contributed by atoms with Crippen LogP contribution >= 0.6 is 12.4 Å². The number of hydrogen-bond donors (Lipinski definition) is 3. The number of hydrazine groups is 1. The number of hydrogen-bond acceptors (Lipinski definition) is 3. The molecule has 0 spiro atoms. The zero-order chi connectivity index (χ0) is 9.68. The Morgan fingerprint density at radius 3 is 2.36 bits per heavy atom. The molecule has 5 heteroatoms. The van der Waals surface area contributed by atoms with Crippen molar-refractivity contribution in [2.45, 2.75) is 6.42 Å². The summed E-state index contributed by atoms with van der Waals surface area (Å²) in [5, 5.41) is 2.56. The van der Waals surface area contributed by atoms with Gasteiger partial charge >= 0.3 is 0 Å². The number of amides is 1. The van der Waals surface area contributed by atoms with E-state index in [1.807, 2.05) is 24.3 Å². The molecule has 0 fully saturated rings. The Morgan fingerprint density at radius 1 is 1.36 bits per heavy atom. The predicted octanol–water partition coefficient (Wildman–Crippen LogP) is 0.682. The van der Waals surface area contributed by atoms with Crippen LogP contribution in [0.1, 0.15) is 5.56 Å². The normalized spacial score (nSPS) is 8.71. The van der Waals surface area contributed by atoms with E-state index < -0.39 is 0 Å². The van der Waals surface area contributed by atoms with Crippen molar-refractivity contribution in [3.8, 4) is 0 Å². The smallest absolute Gasteiger partial charge is 0.224 e. The van der Waals surface area contributed by atoms with Crippen molar-refractivity contribution < 1.29 is 4.79 Å². The Hall–Kier alpha value is -1.26. The first-order valence-electron chi connectivity index (χ1n) is 4.02. The molecule has 0 atom stereocenters. The number of rotatable bonds is 3. The van der Waals surface area contributed by atoms with Crippen molar-refractivity contribution in [2.24, 2.45) is 5.84 Å². The van der Waals surface area contributed by atoms with Gasteiger partial charge in [-0.3, -0.25) is 10.6 Å². The highest BCUT2D eigenvalue weighted by atomic mass is 35.5. The predicted molar refractivity (Wildman–Crippen MR) is 59.3 cm³/mol. The highest BCUT2D eigenvalue weighted by Gasteiger charge is 1.99. The molecule has 4 nitrogen and oxygen atoms in total. The molecule has 0 radical (unpaired) electrons. The Balaban J connectivity index is 0.00000169. The van der Waals surface area contributed by atoms with E-state index in [2.05, 4.69) is 10.7 Å². The molecule has 0 saturated heterocycles. The number of nitrogens with two attached hydrogens (primary N) is 1. The molecular weight excluding hydrogens is 202 g/mol. The van der Waals surface area contributed by atoms with Gasteiger partial charge in [-0.1, -0.05) is 12.1 Å². The van der Waals surface area contributed by atoms with Crippen molar-refractivity contribution in [1.82, 2.24) is 5.32 Å². The lowest BCUT2D eigenvalue weighted by atomic mass is 10.1. The third-order valence-electron chi connectivity index (χ3n) is 1.76. The Kier molecular flexibility index (Phi) is 5.67. The van der Waals surface area contributed by atoms with Crippen molar-refractivity contribution in [2.75, 3.05) is 12.5 Å². The summed E-state index contributed by atoms with van der Waals surface area (Å²) in [5.41, 5.74) is 4.33. The summed E-state index contributed by atoms with van der Waals surface area (Å²) in [4.78, 5) is 11.0. The van der Waals surface area contributed by atoms with Crippen LogP contribution in [0.5, 0.6) is 0 Å². The van der Waals surface area contributed by atoms with Gasteiger partial charge in [0, 0.05) is 12.7 Å². The van der Waals surface area contributed by atoms with Crippen molar-refractivity contribution in [1.29, 1.82) is 0 Å².